The molecule has 0 spiro atoms. The van der Waals surface area contributed by atoms with Crippen molar-refractivity contribution in [2.45, 2.75) is 12.8 Å². The van der Waals surface area contributed by atoms with E-state index in [1.807, 2.05) is 0 Å². The SMILES string of the molecule is O=C1CCC(C(=O)Nc2cc(F)cc(Cl)c2)CN1. The van der Waals surface area contributed by atoms with Crippen LogP contribution >= 0.6 is 11.6 Å². The van der Waals surface area contributed by atoms with Gasteiger partial charge in [0.15, 0.2) is 0 Å². The van der Waals surface area contributed by atoms with Crippen LogP contribution in [0, 0.1) is 11.7 Å². The molecule has 1 atom stereocenters. The highest BCUT2D eigenvalue weighted by atomic mass is 35.5. The Morgan fingerprint density at radius 3 is 2.83 bits per heavy atom. The van der Waals surface area contributed by atoms with Gasteiger partial charge in [-0.05, 0) is 24.6 Å². The van der Waals surface area contributed by atoms with Crippen molar-refractivity contribution in [1.82, 2.24) is 5.32 Å². The molecule has 0 aromatic heterocycles. The van der Waals surface area contributed by atoms with Gasteiger partial charge in [0.2, 0.25) is 11.8 Å². The van der Waals surface area contributed by atoms with E-state index in [0.717, 1.165) is 6.07 Å². The fourth-order valence-electron chi connectivity index (χ4n) is 1.83. The van der Waals surface area contributed by atoms with Crippen molar-refractivity contribution in [3.8, 4) is 0 Å². The maximum Gasteiger partial charge on any atom is 0.229 e. The molecule has 1 unspecified atom stereocenters. The molecule has 2 rings (SSSR count). The second-order valence-electron chi connectivity index (χ2n) is 4.19. The number of carbonyl (C=O) groups excluding carboxylic acids is 2. The minimum absolute atomic E-state index is 0.0483. The quantitative estimate of drug-likeness (QED) is 0.863. The van der Waals surface area contributed by atoms with Crippen molar-refractivity contribution in [2.24, 2.45) is 5.92 Å². The topological polar surface area (TPSA) is 58.2 Å². The van der Waals surface area contributed by atoms with Crippen LogP contribution in [0.1, 0.15) is 12.8 Å². The molecule has 1 heterocycles. The van der Waals surface area contributed by atoms with Crippen LogP contribution in [-0.2, 0) is 9.59 Å². The second kappa shape index (κ2) is 5.35. The summed E-state index contributed by atoms with van der Waals surface area (Å²) in [5, 5.41) is 5.44. The average Bonchev–Trinajstić information content (AvgIpc) is 2.28. The van der Waals surface area contributed by atoms with Gasteiger partial charge >= 0.3 is 0 Å². The monoisotopic (exact) mass is 270 g/mol. The first-order valence-electron chi connectivity index (χ1n) is 5.58. The highest BCUT2D eigenvalue weighted by molar-refractivity contribution is 6.30. The lowest BCUT2D eigenvalue weighted by atomic mass is 9.98. The highest BCUT2D eigenvalue weighted by Crippen LogP contribution is 2.20. The summed E-state index contributed by atoms with van der Waals surface area (Å²) >= 11 is 5.69. The van der Waals surface area contributed by atoms with Gasteiger partial charge in [0.05, 0.1) is 5.92 Å². The van der Waals surface area contributed by atoms with Crippen molar-refractivity contribution in [3.05, 3.63) is 29.0 Å². The van der Waals surface area contributed by atoms with E-state index < -0.39 is 5.82 Å². The first-order valence-corrected chi connectivity index (χ1v) is 5.96. The van der Waals surface area contributed by atoms with Gasteiger partial charge in [-0.2, -0.15) is 0 Å². The average molecular weight is 271 g/mol. The molecule has 1 saturated heterocycles. The number of amides is 2. The molecule has 2 amide bonds. The normalized spacial score (nSPS) is 19.2. The Balaban J connectivity index is 2.00. The molecule has 0 aliphatic carbocycles. The fraction of sp³-hybridized carbons (Fsp3) is 0.333. The molecule has 0 radical (unpaired) electrons. The Kier molecular flexibility index (Phi) is 3.81. The van der Waals surface area contributed by atoms with Gasteiger partial charge in [-0.15, -0.1) is 0 Å². The van der Waals surface area contributed by atoms with E-state index in [-0.39, 0.29) is 22.8 Å². The summed E-state index contributed by atoms with van der Waals surface area (Å²) in [6.07, 6.45) is 0.836. The number of halogens is 2. The number of nitrogens with one attached hydrogen (secondary N) is 2. The van der Waals surface area contributed by atoms with Gasteiger partial charge in [-0.1, -0.05) is 11.6 Å². The molecule has 0 saturated carbocycles. The summed E-state index contributed by atoms with van der Waals surface area (Å²) in [6, 6.07) is 3.84. The summed E-state index contributed by atoms with van der Waals surface area (Å²) in [5.41, 5.74) is 0.321. The van der Waals surface area contributed by atoms with Gasteiger partial charge in [-0.25, -0.2) is 4.39 Å². The molecule has 0 bridgehead atoms. The predicted octanol–water partition coefficient (Wildman–Crippen LogP) is 1.94. The maximum absolute atomic E-state index is 13.1. The standard InChI is InChI=1S/C12H12ClFN2O2/c13-8-3-9(14)5-10(4-8)16-12(18)7-1-2-11(17)15-6-7/h3-5,7H,1-2,6H2,(H,15,17)(H,16,18). The van der Waals surface area contributed by atoms with E-state index in [0.29, 0.717) is 25.1 Å². The van der Waals surface area contributed by atoms with E-state index in [4.69, 9.17) is 11.6 Å². The Labute approximate surface area is 109 Å². The second-order valence-corrected chi connectivity index (χ2v) is 4.62. The number of hydrogen-bond donors (Lipinski definition) is 2. The molecule has 1 aromatic carbocycles. The Hall–Kier alpha value is -1.62. The largest absolute Gasteiger partial charge is 0.355 e. The molecule has 2 N–H and O–H groups in total. The minimum Gasteiger partial charge on any atom is -0.355 e. The molecule has 6 heteroatoms. The Morgan fingerprint density at radius 2 is 2.22 bits per heavy atom. The molecule has 1 aromatic rings. The third-order valence-corrected chi connectivity index (χ3v) is 2.98. The van der Waals surface area contributed by atoms with Crippen LogP contribution < -0.4 is 10.6 Å². The lowest BCUT2D eigenvalue weighted by Crippen LogP contribution is -2.40. The third-order valence-electron chi connectivity index (χ3n) is 2.77. The van der Waals surface area contributed by atoms with Crippen molar-refractivity contribution >= 4 is 29.1 Å². The lowest BCUT2D eigenvalue weighted by Gasteiger charge is -2.21. The van der Waals surface area contributed by atoms with Crippen LogP contribution in [0.25, 0.3) is 0 Å². The molecule has 1 aliphatic heterocycles. The highest BCUT2D eigenvalue weighted by Gasteiger charge is 2.24. The van der Waals surface area contributed by atoms with Gasteiger partial charge in [0.25, 0.3) is 0 Å². The third kappa shape index (κ3) is 3.20. The number of piperidine rings is 1. The van der Waals surface area contributed by atoms with Crippen LogP contribution in [0.15, 0.2) is 18.2 Å². The Morgan fingerprint density at radius 1 is 1.44 bits per heavy atom. The van der Waals surface area contributed by atoms with Gasteiger partial charge in [0.1, 0.15) is 5.82 Å². The number of hydrogen-bond acceptors (Lipinski definition) is 2. The zero-order valence-corrected chi connectivity index (χ0v) is 10.3. The van der Waals surface area contributed by atoms with Crippen molar-refractivity contribution in [2.75, 3.05) is 11.9 Å². The van der Waals surface area contributed by atoms with E-state index in [9.17, 15) is 14.0 Å². The predicted molar refractivity (Wildman–Crippen MR) is 65.8 cm³/mol. The zero-order valence-electron chi connectivity index (χ0n) is 9.50. The molecular weight excluding hydrogens is 259 g/mol. The summed E-state index contributed by atoms with van der Waals surface area (Å²) in [4.78, 5) is 22.8. The summed E-state index contributed by atoms with van der Waals surface area (Å²) < 4.78 is 13.1. The van der Waals surface area contributed by atoms with Gasteiger partial charge < -0.3 is 10.6 Å². The van der Waals surface area contributed by atoms with Crippen LogP contribution in [0.5, 0.6) is 0 Å². The summed E-state index contributed by atoms with van der Waals surface area (Å²) in [7, 11) is 0. The van der Waals surface area contributed by atoms with Gasteiger partial charge in [-0.3, -0.25) is 9.59 Å². The van der Waals surface area contributed by atoms with Crippen LogP contribution in [0.3, 0.4) is 0 Å². The number of benzene rings is 1. The van der Waals surface area contributed by atoms with Crippen LogP contribution in [0.2, 0.25) is 5.02 Å². The summed E-state index contributed by atoms with van der Waals surface area (Å²) in [6.45, 7) is 0.313. The van der Waals surface area contributed by atoms with Gasteiger partial charge in [0, 0.05) is 23.7 Å². The van der Waals surface area contributed by atoms with Crippen molar-refractivity contribution < 1.29 is 14.0 Å². The molecule has 1 aliphatic rings. The molecule has 1 fully saturated rings. The smallest absolute Gasteiger partial charge is 0.229 e. The molecule has 4 nitrogen and oxygen atoms in total. The minimum atomic E-state index is -0.505. The van der Waals surface area contributed by atoms with Crippen LogP contribution in [0.4, 0.5) is 10.1 Å². The number of rotatable bonds is 2. The van der Waals surface area contributed by atoms with E-state index in [1.165, 1.54) is 12.1 Å². The number of carbonyl (C=O) groups is 2. The molecular formula is C12H12ClFN2O2. The van der Waals surface area contributed by atoms with E-state index in [1.54, 1.807) is 0 Å². The lowest BCUT2D eigenvalue weighted by molar-refractivity contribution is -0.126. The van der Waals surface area contributed by atoms with Crippen molar-refractivity contribution in [3.63, 3.8) is 0 Å². The van der Waals surface area contributed by atoms with Crippen LogP contribution in [-0.4, -0.2) is 18.4 Å². The molecule has 96 valence electrons. The van der Waals surface area contributed by atoms with Crippen molar-refractivity contribution in [1.29, 1.82) is 0 Å². The first-order chi connectivity index (χ1) is 8.54. The Bertz CT molecular complexity index is 463. The maximum atomic E-state index is 13.1. The number of anilines is 1. The fourth-order valence-corrected chi connectivity index (χ4v) is 2.05. The molecule has 18 heavy (non-hydrogen) atoms. The first kappa shape index (κ1) is 12.8. The van der Waals surface area contributed by atoms with E-state index >= 15 is 0 Å². The zero-order chi connectivity index (χ0) is 13.1. The van der Waals surface area contributed by atoms with E-state index in [2.05, 4.69) is 10.6 Å². The summed E-state index contributed by atoms with van der Waals surface area (Å²) in [5.74, 6) is -1.08.